The number of phenols is 1. The Kier molecular flexibility index (Phi) is 8.20. The number of aryl methyl sites for hydroxylation is 2. The van der Waals surface area contributed by atoms with Gasteiger partial charge in [-0.3, -0.25) is 0 Å². The summed E-state index contributed by atoms with van der Waals surface area (Å²) in [6, 6.07) is 25.5. The van der Waals surface area contributed by atoms with E-state index in [1.807, 2.05) is 18.2 Å². The fourth-order valence-corrected chi connectivity index (χ4v) is 7.61. The molecule has 2 atom stereocenters. The van der Waals surface area contributed by atoms with E-state index in [0.717, 1.165) is 46.3 Å². The van der Waals surface area contributed by atoms with Crippen LogP contribution in [0.1, 0.15) is 101 Å². The molecule has 1 aliphatic rings. The highest BCUT2D eigenvalue weighted by atomic mass is 31.2. The molecule has 0 radical (unpaired) electrons. The summed E-state index contributed by atoms with van der Waals surface area (Å²) in [6.45, 7) is 19.8. The third kappa shape index (κ3) is 5.82. The monoisotopic (exact) mass is 580 g/mol. The number of rotatable bonds is 6. The number of aromatic hydroxyl groups is 1. The molecule has 0 saturated carbocycles. The van der Waals surface area contributed by atoms with Crippen LogP contribution >= 0.6 is 8.38 Å². The molecular formula is C38H45O3P. The van der Waals surface area contributed by atoms with Gasteiger partial charge in [0.05, 0.1) is 5.30 Å². The minimum atomic E-state index is -1.36. The van der Waals surface area contributed by atoms with Gasteiger partial charge in [-0.05, 0) is 88.7 Å². The van der Waals surface area contributed by atoms with Gasteiger partial charge in [0, 0.05) is 17.0 Å². The molecule has 0 aromatic heterocycles. The molecule has 0 spiro atoms. The smallest absolute Gasteiger partial charge is 0.326 e. The zero-order valence-corrected chi connectivity index (χ0v) is 27.5. The maximum absolute atomic E-state index is 10.8. The Morgan fingerprint density at radius 3 is 1.98 bits per heavy atom. The first kappa shape index (κ1) is 30.2. The number of hydrogen-bond acceptors (Lipinski definition) is 3. The zero-order valence-electron chi connectivity index (χ0n) is 26.6. The molecule has 0 amide bonds. The maximum atomic E-state index is 10.8. The number of hydrogen-bond donors (Lipinski definition) is 1. The van der Waals surface area contributed by atoms with Gasteiger partial charge in [-0.15, -0.1) is 0 Å². The van der Waals surface area contributed by atoms with Gasteiger partial charge in [0.2, 0.25) is 0 Å². The van der Waals surface area contributed by atoms with Gasteiger partial charge >= 0.3 is 8.38 Å². The zero-order chi connectivity index (χ0) is 30.4. The van der Waals surface area contributed by atoms with Crippen LogP contribution in [0, 0.1) is 13.8 Å². The van der Waals surface area contributed by atoms with Crippen molar-refractivity contribution in [3.05, 3.63) is 106 Å². The van der Waals surface area contributed by atoms with Crippen molar-refractivity contribution in [2.75, 3.05) is 0 Å². The van der Waals surface area contributed by atoms with Gasteiger partial charge in [-0.25, -0.2) is 0 Å². The summed E-state index contributed by atoms with van der Waals surface area (Å²) in [4.78, 5) is 0. The van der Waals surface area contributed by atoms with E-state index in [1.165, 1.54) is 27.8 Å². The quantitative estimate of drug-likeness (QED) is 0.231. The number of phenolic OH excluding ortho intramolecular Hbond substituents is 1. The van der Waals surface area contributed by atoms with Crippen LogP contribution in [0.25, 0.3) is 11.1 Å². The van der Waals surface area contributed by atoms with Gasteiger partial charge in [-0.1, -0.05) is 103 Å². The van der Waals surface area contributed by atoms with E-state index in [2.05, 4.69) is 117 Å². The van der Waals surface area contributed by atoms with Crippen LogP contribution in [0.4, 0.5) is 0 Å². The molecule has 4 aromatic rings. The molecule has 220 valence electrons. The van der Waals surface area contributed by atoms with Crippen molar-refractivity contribution in [3.8, 4) is 28.4 Å². The first-order chi connectivity index (χ1) is 19.8. The SMILES string of the molecule is CCCC(c1cc(C(C)(C)C)c(O)cc1C)c1cc(C(C)(C)C)c(OP2Oc3ccccc3-c3ccccc32)cc1C. The molecule has 0 bridgehead atoms. The third-order valence-corrected chi connectivity index (χ3v) is 9.85. The van der Waals surface area contributed by atoms with E-state index < -0.39 is 8.38 Å². The lowest BCUT2D eigenvalue weighted by Crippen LogP contribution is -2.20. The molecule has 5 rings (SSSR count). The number of fused-ring (bicyclic) bond motifs is 3. The summed E-state index contributed by atoms with van der Waals surface area (Å²) in [5.41, 5.74) is 9.13. The Morgan fingerprint density at radius 2 is 1.33 bits per heavy atom. The largest absolute Gasteiger partial charge is 0.508 e. The highest BCUT2D eigenvalue weighted by Gasteiger charge is 2.32. The number of para-hydroxylation sites is 1. The first-order valence-electron chi connectivity index (χ1n) is 15.1. The van der Waals surface area contributed by atoms with Crippen molar-refractivity contribution in [1.29, 1.82) is 0 Å². The average Bonchev–Trinajstić information content (AvgIpc) is 2.91. The summed E-state index contributed by atoms with van der Waals surface area (Å²) in [6.07, 6.45) is 2.09. The van der Waals surface area contributed by atoms with Crippen LogP contribution in [0.15, 0.2) is 72.8 Å². The van der Waals surface area contributed by atoms with Crippen LogP contribution in [0.2, 0.25) is 0 Å². The summed E-state index contributed by atoms with van der Waals surface area (Å²) in [5.74, 6) is 2.35. The van der Waals surface area contributed by atoms with E-state index in [4.69, 9.17) is 9.05 Å². The van der Waals surface area contributed by atoms with Crippen LogP contribution in [0.5, 0.6) is 17.2 Å². The van der Waals surface area contributed by atoms with Crippen molar-refractivity contribution in [3.63, 3.8) is 0 Å². The maximum Gasteiger partial charge on any atom is 0.326 e. The molecule has 42 heavy (non-hydrogen) atoms. The lowest BCUT2D eigenvalue weighted by Gasteiger charge is -2.32. The van der Waals surface area contributed by atoms with Crippen molar-refractivity contribution in [2.24, 2.45) is 0 Å². The molecule has 2 unspecified atom stereocenters. The molecule has 0 aliphatic carbocycles. The van der Waals surface area contributed by atoms with E-state index in [1.54, 1.807) is 0 Å². The predicted molar refractivity (Wildman–Crippen MR) is 178 cm³/mol. The third-order valence-electron chi connectivity index (χ3n) is 8.34. The van der Waals surface area contributed by atoms with Crippen molar-refractivity contribution in [2.45, 2.75) is 91.9 Å². The molecular weight excluding hydrogens is 535 g/mol. The molecule has 1 aliphatic heterocycles. The van der Waals surface area contributed by atoms with Crippen LogP contribution < -0.4 is 14.4 Å². The molecule has 0 fully saturated rings. The second-order valence-electron chi connectivity index (χ2n) is 13.7. The van der Waals surface area contributed by atoms with E-state index in [0.29, 0.717) is 5.75 Å². The average molecular weight is 581 g/mol. The van der Waals surface area contributed by atoms with Gasteiger partial charge in [0.1, 0.15) is 17.2 Å². The summed E-state index contributed by atoms with van der Waals surface area (Å²) in [5, 5.41) is 11.9. The lowest BCUT2D eigenvalue weighted by molar-refractivity contribution is 0.445. The highest BCUT2D eigenvalue weighted by Crippen LogP contribution is 2.51. The van der Waals surface area contributed by atoms with E-state index >= 15 is 0 Å². The Hall–Kier alpha value is -3.29. The van der Waals surface area contributed by atoms with Crippen molar-refractivity contribution < 1.29 is 14.2 Å². The van der Waals surface area contributed by atoms with Crippen LogP contribution in [-0.4, -0.2) is 5.11 Å². The summed E-state index contributed by atoms with van der Waals surface area (Å²) < 4.78 is 13.4. The molecule has 1 heterocycles. The van der Waals surface area contributed by atoms with Crippen LogP contribution in [0.3, 0.4) is 0 Å². The second kappa shape index (κ2) is 11.4. The van der Waals surface area contributed by atoms with Gasteiger partial charge in [0.25, 0.3) is 0 Å². The molecule has 0 saturated heterocycles. The molecule has 4 aromatic carbocycles. The molecule has 1 N–H and O–H groups in total. The number of benzene rings is 4. The van der Waals surface area contributed by atoms with Gasteiger partial charge < -0.3 is 14.2 Å². The Labute approximate surface area is 253 Å². The van der Waals surface area contributed by atoms with Crippen molar-refractivity contribution >= 4 is 13.7 Å². The predicted octanol–water partition coefficient (Wildman–Crippen LogP) is 10.6. The second-order valence-corrected chi connectivity index (χ2v) is 15.1. The fraction of sp³-hybridized carbons (Fsp3) is 0.368. The molecule has 4 heteroatoms. The summed E-state index contributed by atoms with van der Waals surface area (Å²) in [7, 11) is -1.36. The normalized spacial score (nSPS) is 15.4. The van der Waals surface area contributed by atoms with E-state index in [-0.39, 0.29) is 16.7 Å². The fourth-order valence-electron chi connectivity index (χ4n) is 6.11. The van der Waals surface area contributed by atoms with Crippen LogP contribution in [-0.2, 0) is 10.8 Å². The molecule has 3 nitrogen and oxygen atoms in total. The first-order valence-corrected chi connectivity index (χ1v) is 16.3. The topological polar surface area (TPSA) is 38.7 Å². The van der Waals surface area contributed by atoms with E-state index in [9.17, 15) is 5.11 Å². The standard InChI is InChI=1S/C38H45O3P/c1-10-15-26(29-22-31(37(4,5)6)33(39)20-24(29)2)30-23-32(38(7,8)9)35(21-25(30)3)41-42-36-19-14-12-17-28(36)27-16-11-13-18-34(27)40-42/h11-14,16-23,26,39H,10,15H2,1-9H3. The summed E-state index contributed by atoms with van der Waals surface area (Å²) >= 11 is 0. The highest BCUT2D eigenvalue weighted by molar-refractivity contribution is 7.57. The Morgan fingerprint density at radius 1 is 0.762 bits per heavy atom. The minimum absolute atomic E-state index is 0.141. The van der Waals surface area contributed by atoms with Gasteiger partial charge in [0.15, 0.2) is 0 Å². The van der Waals surface area contributed by atoms with Crippen molar-refractivity contribution in [1.82, 2.24) is 0 Å². The lowest BCUT2D eigenvalue weighted by atomic mass is 9.76. The Bertz CT molecular complexity index is 1610. The Balaban J connectivity index is 1.61. The van der Waals surface area contributed by atoms with Gasteiger partial charge in [-0.2, -0.15) is 0 Å². The minimum Gasteiger partial charge on any atom is -0.508 e.